The molecule has 96 valence electrons. The van der Waals surface area contributed by atoms with E-state index >= 15 is 0 Å². The first-order valence-electron chi connectivity index (χ1n) is 6.36. The number of hydrogen-bond acceptors (Lipinski definition) is 1. The van der Waals surface area contributed by atoms with Gasteiger partial charge in [-0.25, -0.2) is 0 Å². The number of ether oxygens (including phenoxy) is 1. The molecule has 0 heterocycles. The van der Waals surface area contributed by atoms with Crippen LogP contribution >= 0.6 is 0 Å². The van der Waals surface area contributed by atoms with Gasteiger partial charge in [0.25, 0.3) is 0 Å². The molecule has 0 fully saturated rings. The topological polar surface area (TPSA) is 9.23 Å². The minimum Gasteiger partial charge on any atom is -0.494 e. The molecule has 1 aromatic carbocycles. The molecule has 17 heavy (non-hydrogen) atoms. The first-order valence-corrected chi connectivity index (χ1v) is 6.36. The molecule has 1 nitrogen and oxygen atoms in total. The maximum atomic E-state index is 5.48. The first kappa shape index (κ1) is 15.8. The molecule has 0 saturated heterocycles. The molecule has 0 spiro atoms. The second-order valence-corrected chi connectivity index (χ2v) is 4.26. The standard InChI is InChI=1S/C11H16O.C5H10/c1-4-10-8-9(3)6-7-11(10)12-5-2;1-4-5(2)3/h6-8H,4-5H2,1-3H3;4H,1-3H3. The molecule has 0 aliphatic heterocycles. The third-order valence-corrected chi connectivity index (χ3v) is 2.47. The Kier molecular flexibility index (Phi) is 8.21. The summed E-state index contributed by atoms with van der Waals surface area (Å²) < 4.78 is 5.48. The molecule has 0 amide bonds. The van der Waals surface area contributed by atoms with Gasteiger partial charge in [-0.3, -0.25) is 0 Å². The van der Waals surface area contributed by atoms with Crippen LogP contribution in [0.5, 0.6) is 5.75 Å². The van der Waals surface area contributed by atoms with Gasteiger partial charge in [-0.2, -0.15) is 0 Å². The van der Waals surface area contributed by atoms with E-state index < -0.39 is 0 Å². The average Bonchev–Trinajstić information content (AvgIpc) is 2.32. The minimum absolute atomic E-state index is 0.746. The fourth-order valence-electron chi connectivity index (χ4n) is 1.28. The van der Waals surface area contributed by atoms with Crippen LogP contribution in [0.25, 0.3) is 0 Å². The lowest BCUT2D eigenvalue weighted by Crippen LogP contribution is -1.95. The molecule has 0 atom stereocenters. The van der Waals surface area contributed by atoms with Crippen molar-refractivity contribution in [2.75, 3.05) is 6.61 Å². The van der Waals surface area contributed by atoms with Gasteiger partial charge in [-0.05, 0) is 52.7 Å². The highest BCUT2D eigenvalue weighted by Gasteiger charge is 1.99. The molecule has 1 aromatic rings. The highest BCUT2D eigenvalue weighted by molar-refractivity contribution is 5.36. The fourth-order valence-corrected chi connectivity index (χ4v) is 1.28. The first-order chi connectivity index (χ1) is 8.04. The van der Waals surface area contributed by atoms with E-state index in [0.29, 0.717) is 0 Å². The Morgan fingerprint density at radius 2 is 1.82 bits per heavy atom. The van der Waals surface area contributed by atoms with Crippen LogP contribution in [0.4, 0.5) is 0 Å². The lowest BCUT2D eigenvalue weighted by atomic mass is 10.1. The van der Waals surface area contributed by atoms with E-state index in [4.69, 9.17) is 4.74 Å². The normalized spacial score (nSPS) is 9.06. The summed E-state index contributed by atoms with van der Waals surface area (Å²) in [6, 6.07) is 6.33. The number of aryl methyl sites for hydroxylation is 2. The van der Waals surface area contributed by atoms with Gasteiger partial charge in [0, 0.05) is 0 Å². The quantitative estimate of drug-likeness (QED) is 0.674. The molecule has 0 aromatic heterocycles. The predicted octanol–water partition coefficient (Wildman–Crippen LogP) is 4.93. The maximum Gasteiger partial charge on any atom is 0.122 e. The van der Waals surface area contributed by atoms with Gasteiger partial charge in [-0.15, -0.1) is 0 Å². The van der Waals surface area contributed by atoms with Crippen LogP contribution < -0.4 is 4.74 Å². The minimum atomic E-state index is 0.746. The van der Waals surface area contributed by atoms with Gasteiger partial charge in [0.1, 0.15) is 5.75 Å². The van der Waals surface area contributed by atoms with Gasteiger partial charge in [0.05, 0.1) is 6.61 Å². The van der Waals surface area contributed by atoms with Gasteiger partial charge < -0.3 is 4.74 Å². The zero-order chi connectivity index (χ0) is 13.3. The summed E-state index contributed by atoms with van der Waals surface area (Å²) >= 11 is 0. The number of allylic oxidation sites excluding steroid dienone is 2. The van der Waals surface area contributed by atoms with Crippen LogP contribution in [0.2, 0.25) is 0 Å². The Balaban J connectivity index is 0.000000437. The van der Waals surface area contributed by atoms with E-state index in [1.807, 2.05) is 13.8 Å². The van der Waals surface area contributed by atoms with Crippen LogP contribution in [0.3, 0.4) is 0 Å². The Morgan fingerprint density at radius 1 is 1.24 bits per heavy atom. The zero-order valence-corrected chi connectivity index (χ0v) is 12.1. The molecule has 0 saturated carbocycles. The third kappa shape index (κ3) is 6.83. The van der Waals surface area contributed by atoms with Gasteiger partial charge >= 0.3 is 0 Å². The SMILES string of the molecule is CC=C(C)C.CCOc1ccc(C)cc1CC. The van der Waals surface area contributed by atoms with E-state index in [0.717, 1.165) is 18.8 Å². The van der Waals surface area contributed by atoms with Crippen LogP contribution in [-0.4, -0.2) is 6.61 Å². The second kappa shape index (κ2) is 8.86. The molecule has 0 aliphatic rings. The summed E-state index contributed by atoms with van der Waals surface area (Å²) in [5.74, 6) is 1.03. The van der Waals surface area contributed by atoms with Crippen molar-refractivity contribution >= 4 is 0 Å². The van der Waals surface area contributed by atoms with E-state index in [2.05, 4.69) is 52.0 Å². The lowest BCUT2D eigenvalue weighted by molar-refractivity contribution is 0.337. The van der Waals surface area contributed by atoms with E-state index in [-0.39, 0.29) is 0 Å². The molecule has 0 radical (unpaired) electrons. The van der Waals surface area contributed by atoms with Crippen molar-refractivity contribution in [3.63, 3.8) is 0 Å². The monoisotopic (exact) mass is 234 g/mol. The summed E-state index contributed by atoms with van der Waals surface area (Å²) in [7, 11) is 0. The highest BCUT2D eigenvalue weighted by Crippen LogP contribution is 2.20. The van der Waals surface area contributed by atoms with Crippen molar-refractivity contribution in [3.05, 3.63) is 41.0 Å². The van der Waals surface area contributed by atoms with Crippen molar-refractivity contribution in [3.8, 4) is 5.75 Å². The Labute approximate surface area is 107 Å². The summed E-state index contributed by atoms with van der Waals surface area (Å²) in [4.78, 5) is 0. The van der Waals surface area contributed by atoms with Gasteiger partial charge in [-0.1, -0.05) is 36.3 Å². The number of rotatable bonds is 3. The molecule has 0 unspecified atom stereocenters. The summed E-state index contributed by atoms with van der Waals surface area (Å²) in [5.41, 5.74) is 3.98. The molecular formula is C16H26O. The molecule has 1 heteroatoms. The van der Waals surface area contributed by atoms with Crippen molar-refractivity contribution in [2.24, 2.45) is 0 Å². The Morgan fingerprint density at radius 3 is 2.24 bits per heavy atom. The lowest BCUT2D eigenvalue weighted by Gasteiger charge is -2.08. The van der Waals surface area contributed by atoms with Crippen LogP contribution in [0.15, 0.2) is 29.8 Å². The average molecular weight is 234 g/mol. The molecular weight excluding hydrogens is 208 g/mol. The molecule has 0 bridgehead atoms. The summed E-state index contributed by atoms with van der Waals surface area (Å²) in [6.07, 6.45) is 3.12. The predicted molar refractivity (Wildman–Crippen MR) is 76.8 cm³/mol. The molecule has 0 N–H and O–H groups in total. The van der Waals surface area contributed by atoms with Gasteiger partial charge in [0.15, 0.2) is 0 Å². The summed E-state index contributed by atoms with van der Waals surface area (Å²) in [6.45, 7) is 13.2. The van der Waals surface area contributed by atoms with Crippen LogP contribution in [0, 0.1) is 6.92 Å². The van der Waals surface area contributed by atoms with Crippen molar-refractivity contribution in [1.29, 1.82) is 0 Å². The van der Waals surface area contributed by atoms with Crippen LogP contribution in [-0.2, 0) is 6.42 Å². The smallest absolute Gasteiger partial charge is 0.122 e. The van der Waals surface area contributed by atoms with Gasteiger partial charge in [0.2, 0.25) is 0 Å². The largest absolute Gasteiger partial charge is 0.494 e. The van der Waals surface area contributed by atoms with Crippen LogP contribution in [0.1, 0.15) is 45.7 Å². The fraction of sp³-hybridized carbons (Fsp3) is 0.500. The van der Waals surface area contributed by atoms with Crippen molar-refractivity contribution in [2.45, 2.75) is 48.0 Å². The zero-order valence-electron chi connectivity index (χ0n) is 12.1. The van der Waals surface area contributed by atoms with Crippen molar-refractivity contribution in [1.82, 2.24) is 0 Å². The number of hydrogen-bond donors (Lipinski definition) is 0. The molecule has 1 rings (SSSR count). The Hall–Kier alpha value is -1.24. The van der Waals surface area contributed by atoms with E-state index in [1.54, 1.807) is 0 Å². The second-order valence-electron chi connectivity index (χ2n) is 4.26. The van der Waals surface area contributed by atoms with E-state index in [9.17, 15) is 0 Å². The molecule has 0 aliphatic carbocycles. The Bertz CT molecular complexity index is 347. The summed E-state index contributed by atoms with van der Waals surface area (Å²) in [5, 5.41) is 0. The van der Waals surface area contributed by atoms with E-state index in [1.165, 1.54) is 16.7 Å². The maximum absolute atomic E-state index is 5.48. The highest BCUT2D eigenvalue weighted by atomic mass is 16.5. The van der Waals surface area contributed by atoms with Crippen molar-refractivity contribution < 1.29 is 4.74 Å². The number of benzene rings is 1. The third-order valence-electron chi connectivity index (χ3n) is 2.47.